The Morgan fingerprint density at radius 2 is 0.959 bits per heavy atom. The van der Waals surface area contributed by atoms with Crippen molar-refractivity contribution in [2.24, 2.45) is 14.1 Å². The van der Waals surface area contributed by atoms with Crippen LogP contribution in [0.5, 0.6) is 0 Å². The third kappa shape index (κ3) is 4.74. The third-order valence-corrected chi connectivity index (χ3v) is 9.36. The summed E-state index contributed by atoms with van der Waals surface area (Å²) in [5.74, 6) is 1.72. The molecule has 0 N–H and O–H groups in total. The van der Waals surface area contributed by atoms with Crippen molar-refractivity contribution in [1.29, 1.82) is 0 Å². The van der Waals surface area contributed by atoms with Crippen LogP contribution in [0.2, 0.25) is 0 Å². The van der Waals surface area contributed by atoms with E-state index in [2.05, 4.69) is 95.6 Å². The SMILES string of the molecule is Cn1c(=O)n(C)c2cc(-c3cccc(-c4nc(-c5ccccc5)nc(-n5c6ccccc6c6cc(-c7ccccc7)ccc65)n4)c3)ccc21. The van der Waals surface area contributed by atoms with E-state index in [0.717, 1.165) is 60.7 Å². The molecule has 6 aromatic carbocycles. The molecule has 234 valence electrons. The fourth-order valence-electron chi connectivity index (χ4n) is 6.83. The number of hydrogen-bond acceptors (Lipinski definition) is 4. The molecule has 0 radical (unpaired) electrons. The van der Waals surface area contributed by atoms with Crippen LogP contribution in [-0.4, -0.2) is 28.7 Å². The molecular formula is C42H30N6O. The minimum atomic E-state index is -0.0478. The molecule has 0 amide bonds. The fourth-order valence-corrected chi connectivity index (χ4v) is 6.83. The molecule has 7 heteroatoms. The molecule has 0 bridgehead atoms. The molecule has 7 nitrogen and oxygen atoms in total. The first-order valence-corrected chi connectivity index (χ1v) is 16.2. The Morgan fingerprint density at radius 1 is 0.408 bits per heavy atom. The Bertz CT molecular complexity index is 2760. The van der Waals surface area contributed by atoms with Crippen LogP contribution in [0.15, 0.2) is 150 Å². The van der Waals surface area contributed by atoms with Crippen molar-refractivity contribution in [2.45, 2.75) is 0 Å². The number of benzene rings is 6. The number of rotatable bonds is 5. The molecule has 0 atom stereocenters. The molecular weight excluding hydrogens is 605 g/mol. The summed E-state index contributed by atoms with van der Waals surface area (Å²) >= 11 is 0. The van der Waals surface area contributed by atoms with Crippen molar-refractivity contribution in [1.82, 2.24) is 28.7 Å². The van der Waals surface area contributed by atoms with E-state index < -0.39 is 0 Å². The number of hydrogen-bond donors (Lipinski definition) is 0. The van der Waals surface area contributed by atoms with E-state index in [-0.39, 0.29) is 5.69 Å². The highest BCUT2D eigenvalue weighted by atomic mass is 16.1. The van der Waals surface area contributed by atoms with Gasteiger partial charge in [0.25, 0.3) is 0 Å². The molecule has 3 aromatic heterocycles. The summed E-state index contributed by atoms with van der Waals surface area (Å²) in [6, 6.07) is 49.8. The molecule has 0 spiro atoms. The lowest BCUT2D eigenvalue weighted by Gasteiger charge is -2.12. The number of imidazole rings is 1. The average molecular weight is 635 g/mol. The van der Waals surface area contributed by atoms with Gasteiger partial charge in [-0.15, -0.1) is 0 Å². The van der Waals surface area contributed by atoms with Crippen molar-refractivity contribution in [2.75, 3.05) is 0 Å². The van der Waals surface area contributed by atoms with E-state index in [4.69, 9.17) is 15.0 Å². The largest absolute Gasteiger partial charge is 0.328 e. The maximum absolute atomic E-state index is 12.6. The number of fused-ring (bicyclic) bond motifs is 4. The van der Waals surface area contributed by atoms with Gasteiger partial charge in [0.15, 0.2) is 11.6 Å². The van der Waals surface area contributed by atoms with Gasteiger partial charge in [-0.3, -0.25) is 13.7 Å². The van der Waals surface area contributed by atoms with Crippen LogP contribution in [-0.2, 0) is 14.1 Å². The molecule has 0 saturated carbocycles. The Morgan fingerprint density at radius 3 is 1.73 bits per heavy atom. The van der Waals surface area contributed by atoms with E-state index >= 15 is 0 Å². The van der Waals surface area contributed by atoms with Crippen LogP contribution in [0.4, 0.5) is 0 Å². The minimum absolute atomic E-state index is 0.0478. The van der Waals surface area contributed by atoms with Crippen LogP contribution in [0.1, 0.15) is 0 Å². The van der Waals surface area contributed by atoms with Crippen LogP contribution in [0, 0.1) is 0 Å². The summed E-state index contributed by atoms with van der Waals surface area (Å²) in [6.07, 6.45) is 0. The Hall–Kier alpha value is -6.60. The van der Waals surface area contributed by atoms with Crippen molar-refractivity contribution in [3.8, 4) is 51.0 Å². The number of para-hydroxylation sites is 1. The van der Waals surface area contributed by atoms with Crippen molar-refractivity contribution < 1.29 is 0 Å². The van der Waals surface area contributed by atoms with E-state index in [9.17, 15) is 4.79 Å². The Kier molecular flexibility index (Phi) is 6.59. The maximum Gasteiger partial charge on any atom is 0.328 e. The van der Waals surface area contributed by atoms with E-state index in [0.29, 0.717) is 17.6 Å². The van der Waals surface area contributed by atoms with Gasteiger partial charge in [0.05, 0.1) is 22.1 Å². The Balaban J connectivity index is 1.24. The van der Waals surface area contributed by atoms with Gasteiger partial charge in [0.1, 0.15) is 0 Å². The van der Waals surface area contributed by atoms with Crippen molar-refractivity contribution >= 4 is 32.8 Å². The molecule has 0 fully saturated rings. The van der Waals surface area contributed by atoms with Gasteiger partial charge >= 0.3 is 5.69 Å². The maximum atomic E-state index is 12.6. The molecule has 3 heterocycles. The second-order valence-corrected chi connectivity index (χ2v) is 12.3. The third-order valence-electron chi connectivity index (χ3n) is 9.36. The molecule has 49 heavy (non-hydrogen) atoms. The van der Waals surface area contributed by atoms with Crippen LogP contribution >= 0.6 is 0 Å². The molecule has 0 aliphatic carbocycles. The van der Waals surface area contributed by atoms with Gasteiger partial charge in [-0.2, -0.15) is 9.97 Å². The second kappa shape index (κ2) is 11.3. The van der Waals surface area contributed by atoms with Gasteiger partial charge in [-0.25, -0.2) is 9.78 Å². The summed E-state index contributed by atoms with van der Waals surface area (Å²) in [4.78, 5) is 27.9. The monoisotopic (exact) mass is 634 g/mol. The van der Waals surface area contributed by atoms with Crippen molar-refractivity contribution in [3.05, 3.63) is 156 Å². The normalized spacial score (nSPS) is 11.6. The van der Waals surface area contributed by atoms with Gasteiger partial charge < -0.3 is 0 Å². The van der Waals surface area contributed by atoms with Gasteiger partial charge in [-0.1, -0.05) is 109 Å². The smallest absolute Gasteiger partial charge is 0.295 e. The number of aryl methyl sites for hydroxylation is 2. The zero-order valence-corrected chi connectivity index (χ0v) is 26.9. The average Bonchev–Trinajstić information content (AvgIpc) is 3.61. The van der Waals surface area contributed by atoms with E-state index in [1.807, 2.05) is 54.6 Å². The highest BCUT2D eigenvalue weighted by molar-refractivity contribution is 6.10. The van der Waals surface area contributed by atoms with Crippen LogP contribution in [0.25, 0.3) is 83.8 Å². The first-order chi connectivity index (χ1) is 24.0. The molecule has 0 saturated heterocycles. The fraction of sp³-hybridized carbons (Fsp3) is 0.0476. The first-order valence-electron chi connectivity index (χ1n) is 16.2. The number of aromatic nitrogens is 6. The minimum Gasteiger partial charge on any atom is -0.295 e. The van der Waals surface area contributed by atoms with E-state index in [1.165, 1.54) is 5.56 Å². The molecule has 0 unspecified atom stereocenters. The number of nitrogens with zero attached hydrogens (tertiary/aromatic N) is 6. The first kappa shape index (κ1) is 28.6. The molecule has 0 aliphatic heterocycles. The summed E-state index contributed by atoms with van der Waals surface area (Å²) in [7, 11) is 3.60. The van der Waals surface area contributed by atoms with Crippen LogP contribution < -0.4 is 5.69 Å². The zero-order valence-electron chi connectivity index (χ0n) is 26.9. The lowest BCUT2D eigenvalue weighted by atomic mass is 10.0. The van der Waals surface area contributed by atoms with Gasteiger partial charge in [-0.05, 0) is 58.7 Å². The van der Waals surface area contributed by atoms with Gasteiger partial charge in [0, 0.05) is 36.0 Å². The van der Waals surface area contributed by atoms with Crippen LogP contribution in [0.3, 0.4) is 0 Å². The summed E-state index contributed by atoms with van der Waals surface area (Å²) in [5, 5.41) is 2.26. The van der Waals surface area contributed by atoms with E-state index in [1.54, 1.807) is 23.2 Å². The predicted octanol–water partition coefficient (Wildman–Crippen LogP) is 8.83. The lowest BCUT2D eigenvalue weighted by molar-refractivity contribution is 0.795. The van der Waals surface area contributed by atoms with Crippen molar-refractivity contribution in [3.63, 3.8) is 0 Å². The molecule has 9 aromatic rings. The standard InChI is InChI=1S/C42H30N6O/c1-46-37-23-21-31(26-38(37)47(2)42(46)49)29-16-11-17-32(24-29)40-43-39(28-14-7-4-8-15-28)44-41(45-40)48-35-19-10-9-18-33(35)34-25-30(20-22-36(34)48)27-12-5-3-6-13-27/h3-26H,1-2H3. The van der Waals surface area contributed by atoms with Gasteiger partial charge in [0.2, 0.25) is 5.95 Å². The molecule has 0 aliphatic rings. The predicted molar refractivity (Wildman–Crippen MR) is 198 cm³/mol. The summed E-state index contributed by atoms with van der Waals surface area (Å²) in [6.45, 7) is 0. The summed E-state index contributed by atoms with van der Waals surface area (Å²) < 4.78 is 5.50. The second-order valence-electron chi connectivity index (χ2n) is 12.3. The molecule has 9 rings (SSSR count). The summed E-state index contributed by atoms with van der Waals surface area (Å²) in [5.41, 5.74) is 9.88. The lowest BCUT2D eigenvalue weighted by Crippen LogP contribution is -2.19. The highest BCUT2D eigenvalue weighted by Gasteiger charge is 2.19. The topological polar surface area (TPSA) is 70.5 Å². The highest BCUT2D eigenvalue weighted by Crippen LogP contribution is 2.35. The zero-order chi connectivity index (χ0) is 33.1. The quantitative estimate of drug-likeness (QED) is 0.190. The Labute approximate surface area is 282 Å².